The van der Waals surface area contributed by atoms with Crippen molar-refractivity contribution in [1.29, 1.82) is 0 Å². The quantitative estimate of drug-likeness (QED) is 0.849. The fraction of sp³-hybridized carbons (Fsp3) is 0.412. The molecular weight excluding hydrogens is 262 g/mol. The number of amides is 1. The molecule has 1 aliphatic heterocycles. The van der Waals surface area contributed by atoms with Gasteiger partial charge in [-0.25, -0.2) is 0 Å². The van der Waals surface area contributed by atoms with Crippen molar-refractivity contribution < 1.29 is 4.79 Å². The average molecular weight is 283 g/mol. The molecule has 2 aromatic rings. The molecule has 0 aromatic carbocycles. The van der Waals surface area contributed by atoms with Crippen molar-refractivity contribution in [2.24, 2.45) is 7.05 Å². The summed E-state index contributed by atoms with van der Waals surface area (Å²) in [5.41, 5.74) is 4.11. The number of aryl methyl sites for hydroxylation is 1. The number of likely N-dealkylation sites (tertiary alicyclic amines) is 1. The largest absolute Gasteiger partial charge is 0.351 e. The topological polar surface area (TPSA) is 38.1 Å². The molecule has 0 N–H and O–H groups in total. The van der Waals surface area contributed by atoms with Crippen LogP contribution in [0.2, 0.25) is 0 Å². The molecule has 0 aliphatic carbocycles. The van der Waals surface area contributed by atoms with E-state index in [0.29, 0.717) is 0 Å². The predicted octanol–water partition coefficient (Wildman–Crippen LogP) is 3.01. The minimum Gasteiger partial charge on any atom is -0.351 e. The zero-order valence-corrected chi connectivity index (χ0v) is 12.8. The minimum absolute atomic E-state index is 0.141. The molecule has 3 heterocycles. The Morgan fingerprint density at radius 3 is 2.81 bits per heavy atom. The van der Waals surface area contributed by atoms with Crippen LogP contribution >= 0.6 is 0 Å². The van der Waals surface area contributed by atoms with Gasteiger partial charge in [0.05, 0.1) is 11.6 Å². The van der Waals surface area contributed by atoms with Gasteiger partial charge in [0, 0.05) is 37.4 Å². The molecule has 1 saturated heterocycles. The molecule has 0 spiro atoms. The van der Waals surface area contributed by atoms with Gasteiger partial charge in [0.25, 0.3) is 5.91 Å². The van der Waals surface area contributed by atoms with E-state index in [4.69, 9.17) is 0 Å². The number of aromatic nitrogens is 2. The maximum atomic E-state index is 12.9. The Bertz CT molecular complexity index is 660. The maximum absolute atomic E-state index is 12.9. The lowest BCUT2D eigenvalue weighted by molar-refractivity contribution is 0.0734. The molecule has 1 amide bonds. The van der Waals surface area contributed by atoms with E-state index in [1.807, 2.05) is 44.1 Å². The van der Waals surface area contributed by atoms with Gasteiger partial charge in [-0.1, -0.05) is 6.07 Å². The molecule has 1 fully saturated rings. The van der Waals surface area contributed by atoms with Crippen LogP contribution in [0.4, 0.5) is 0 Å². The summed E-state index contributed by atoms with van der Waals surface area (Å²) in [4.78, 5) is 19.1. The third-order valence-electron chi connectivity index (χ3n) is 4.59. The van der Waals surface area contributed by atoms with Gasteiger partial charge in [0.2, 0.25) is 0 Å². The Morgan fingerprint density at radius 2 is 2.19 bits per heavy atom. The monoisotopic (exact) mass is 283 g/mol. The standard InChI is InChI=1S/C17H21N3O/c1-12-10-15(13(2)19(12)3)17(21)20-9-5-7-16(20)14-6-4-8-18-11-14/h4,6,8,10-11,16H,5,7,9H2,1-3H3. The number of rotatable bonds is 2. The lowest BCUT2D eigenvalue weighted by atomic mass is 10.1. The van der Waals surface area contributed by atoms with E-state index in [9.17, 15) is 4.79 Å². The lowest BCUT2D eigenvalue weighted by Crippen LogP contribution is -2.30. The second kappa shape index (κ2) is 5.35. The number of nitrogens with zero attached hydrogens (tertiary/aromatic N) is 3. The van der Waals surface area contributed by atoms with Crippen LogP contribution in [-0.4, -0.2) is 26.9 Å². The molecule has 0 saturated carbocycles. The molecule has 1 unspecified atom stereocenters. The van der Waals surface area contributed by atoms with Gasteiger partial charge < -0.3 is 9.47 Å². The van der Waals surface area contributed by atoms with E-state index in [1.165, 1.54) is 0 Å². The van der Waals surface area contributed by atoms with Crippen LogP contribution in [0.15, 0.2) is 30.6 Å². The summed E-state index contributed by atoms with van der Waals surface area (Å²) >= 11 is 0. The summed E-state index contributed by atoms with van der Waals surface area (Å²) in [6.07, 6.45) is 5.72. The molecule has 0 radical (unpaired) electrons. The van der Waals surface area contributed by atoms with Crippen LogP contribution in [-0.2, 0) is 7.05 Å². The van der Waals surface area contributed by atoms with Crippen molar-refractivity contribution in [2.45, 2.75) is 32.7 Å². The number of hydrogen-bond donors (Lipinski definition) is 0. The van der Waals surface area contributed by atoms with E-state index in [2.05, 4.69) is 15.6 Å². The van der Waals surface area contributed by atoms with Crippen LogP contribution in [0.3, 0.4) is 0 Å². The lowest BCUT2D eigenvalue weighted by Gasteiger charge is -2.25. The normalized spacial score (nSPS) is 18.2. The highest BCUT2D eigenvalue weighted by Crippen LogP contribution is 2.33. The molecular formula is C17H21N3O. The van der Waals surface area contributed by atoms with Crippen LogP contribution < -0.4 is 0 Å². The van der Waals surface area contributed by atoms with E-state index in [1.54, 1.807) is 6.20 Å². The summed E-state index contributed by atoms with van der Waals surface area (Å²) in [7, 11) is 2.00. The average Bonchev–Trinajstić information content (AvgIpc) is 3.09. The van der Waals surface area contributed by atoms with Gasteiger partial charge in [-0.2, -0.15) is 0 Å². The molecule has 2 aromatic heterocycles. The van der Waals surface area contributed by atoms with E-state index in [-0.39, 0.29) is 11.9 Å². The highest BCUT2D eigenvalue weighted by Gasteiger charge is 2.32. The number of pyridine rings is 1. The minimum atomic E-state index is 0.141. The Labute approximate surface area is 125 Å². The Morgan fingerprint density at radius 1 is 1.38 bits per heavy atom. The van der Waals surface area contributed by atoms with Crippen molar-refractivity contribution in [3.05, 3.63) is 53.1 Å². The number of carbonyl (C=O) groups excluding carboxylic acids is 1. The number of hydrogen-bond acceptors (Lipinski definition) is 2. The summed E-state index contributed by atoms with van der Waals surface area (Å²) in [6.45, 7) is 4.87. The first-order valence-corrected chi connectivity index (χ1v) is 7.43. The van der Waals surface area contributed by atoms with E-state index < -0.39 is 0 Å². The van der Waals surface area contributed by atoms with Crippen LogP contribution in [0, 0.1) is 13.8 Å². The van der Waals surface area contributed by atoms with Crippen molar-refractivity contribution >= 4 is 5.91 Å². The first kappa shape index (κ1) is 13.9. The molecule has 1 aliphatic rings. The fourth-order valence-corrected chi connectivity index (χ4v) is 3.16. The molecule has 21 heavy (non-hydrogen) atoms. The fourth-order valence-electron chi connectivity index (χ4n) is 3.16. The van der Waals surface area contributed by atoms with E-state index >= 15 is 0 Å². The Kier molecular flexibility index (Phi) is 3.53. The SMILES string of the molecule is Cc1cc(C(=O)N2CCCC2c2cccnc2)c(C)n1C. The van der Waals surface area contributed by atoms with E-state index in [0.717, 1.165) is 41.9 Å². The predicted molar refractivity (Wildman–Crippen MR) is 82.1 cm³/mol. The third-order valence-corrected chi connectivity index (χ3v) is 4.59. The van der Waals surface area contributed by atoms with Crippen molar-refractivity contribution in [3.63, 3.8) is 0 Å². The highest BCUT2D eigenvalue weighted by molar-refractivity contribution is 5.96. The maximum Gasteiger partial charge on any atom is 0.256 e. The van der Waals surface area contributed by atoms with Gasteiger partial charge in [-0.05, 0) is 44.4 Å². The second-order valence-corrected chi connectivity index (χ2v) is 5.79. The highest BCUT2D eigenvalue weighted by atomic mass is 16.2. The molecule has 1 atom stereocenters. The number of carbonyl (C=O) groups is 1. The van der Waals surface area contributed by atoms with Gasteiger partial charge >= 0.3 is 0 Å². The van der Waals surface area contributed by atoms with Gasteiger partial charge in [0.15, 0.2) is 0 Å². The summed E-state index contributed by atoms with van der Waals surface area (Å²) in [6, 6.07) is 6.16. The first-order valence-electron chi connectivity index (χ1n) is 7.43. The Hall–Kier alpha value is -2.10. The van der Waals surface area contributed by atoms with Crippen molar-refractivity contribution in [1.82, 2.24) is 14.5 Å². The van der Waals surface area contributed by atoms with Crippen molar-refractivity contribution in [3.8, 4) is 0 Å². The second-order valence-electron chi connectivity index (χ2n) is 5.79. The smallest absolute Gasteiger partial charge is 0.256 e. The summed E-state index contributed by atoms with van der Waals surface area (Å²) in [5.74, 6) is 0.141. The van der Waals surface area contributed by atoms with Gasteiger partial charge in [-0.15, -0.1) is 0 Å². The molecule has 0 bridgehead atoms. The summed E-state index contributed by atoms with van der Waals surface area (Å²) < 4.78 is 2.07. The first-order chi connectivity index (χ1) is 10.1. The molecule has 4 nitrogen and oxygen atoms in total. The van der Waals surface area contributed by atoms with Gasteiger partial charge in [0.1, 0.15) is 0 Å². The Balaban J connectivity index is 1.92. The zero-order chi connectivity index (χ0) is 15.0. The third kappa shape index (κ3) is 2.35. The molecule has 110 valence electrons. The van der Waals surface area contributed by atoms with Gasteiger partial charge in [-0.3, -0.25) is 9.78 Å². The van der Waals surface area contributed by atoms with Crippen LogP contribution in [0.5, 0.6) is 0 Å². The van der Waals surface area contributed by atoms with Crippen LogP contribution in [0.25, 0.3) is 0 Å². The van der Waals surface area contributed by atoms with Crippen LogP contribution in [0.1, 0.15) is 46.2 Å². The van der Waals surface area contributed by atoms with Crippen molar-refractivity contribution in [2.75, 3.05) is 6.54 Å². The zero-order valence-electron chi connectivity index (χ0n) is 12.8. The summed E-state index contributed by atoms with van der Waals surface area (Å²) in [5, 5.41) is 0. The molecule has 3 rings (SSSR count). The molecule has 4 heteroatoms.